The van der Waals surface area contributed by atoms with Crippen molar-refractivity contribution in [1.29, 1.82) is 0 Å². The van der Waals surface area contributed by atoms with Crippen LogP contribution in [-0.4, -0.2) is 50.9 Å². The van der Waals surface area contributed by atoms with Crippen LogP contribution in [0.5, 0.6) is 5.75 Å². The van der Waals surface area contributed by atoms with E-state index in [1.54, 1.807) is 24.3 Å². The molecule has 8 nitrogen and oxygen atoms in total. The monoisotopic (exact) mass is 661 g/mol. The molecular weight excluding hydrogens is 622 g/mol. The summed E-state index contributed by atoms with van der Waals surface area (Å²) in [5.74, 6) is -0.254. The zero-order valence-electron chi connectivity index (χ0n) is 26.1. The normalized spacial score (nSPS) is 11.8. The van der Waals surface area contributed by atoms with E-state index in [1.807, 2.05) is 74.5 Å². The van der Waals surface area contributed by atoms with Crippen LogP contribution in [0, 0.1) is 0 Å². The number of hydrogen-bond donors (Lipinski definition) is 1. The van der Waals surface area contributed by atoms with Gasteiger partial charge >= 0.3 is 0 Å². The first-order valence-electron chi connectivity index (χ1n) is 15.4. The number of nitrogens with one attached hydrogen (secondary N) is 1. The molecule has 0 aliphatic rings. The number of sulfonamides is 1. The fourth-order valence-electron chi connectivity index (χ4n) is 4.98. The first-order valence-corrected chi connectivity index (χ1v) is 17.2. The smallest absolute Gasteiger partial charge is 0.264 e. The van der Waals surface area contributed by atoms with Crippen molar-refractivity contribution in [2.75, 3.05) is 24.0 Å². The molecule has 4 rings (SSSR count). The van der Waals surface area contributed by atoms with Gasteiger partial charge in [-0.3, -0.25) is 13.9 Å². The Balaban J connectivity index is 1.77. The summed E-state index contributed by atoms with van der Waals surface area (Å²) in [5.41, 5.74) is 1.96. The number of benzene rings is 4. The van der Waals surface area contributed by atoms with Gasteiger partial charge in [0.05, 0.1) is 17.2 Å². The van der Waals surface area contributed by atoms with Gasteiger partial charge in [-0.05, 0) is 73.0 Å². The van der Waals surface area contributed by atoms with Crippen LogP contribution in [0.2, 0.25) is 5.02 Å². The number of hydrogen-bond acceptors (Lipinski definition) is 5. The topological polar surface area (TPSA) is 96.0 Å². The lowest BCUT2D eigenvalue weighted by Crippen LogP contribution is -2.53. The molecule has 0 aromatic heterocycles. The predicted octanol–water partition coefficient (Wildman–Crippen LogP) is 6.49. The highest BCUT2D eigenvalue weighted by atomic mass is 35.5. The summed E-state index contributed by atoms with van der Waals surface area (Å²) in [7, 11) is -4.23. The van der Waals surface area contributed by atoms with Gasteiger partial charge < -0.3 is 15.0 Å². The quantitative estimate of drug-likeness (QED) is 0.139. The molecule has 0 radical (unpaired) electrons. The lowest BCUT2D eigenvalue weighted by atomic mass is 10.0. The van der Waals surface area contributed by atoms with Crippen molar-refractivity contribution in [2.24, 2.45) is 0 Å². The molecule has 1 N–H and O–H groups in total. The Labute approximate surface area is 277 Å². The second kappa shape index (κ2) is 16.8. The highest BCUT2D eigenvalue weighted by molar-refractivity contribution is 7.92. The lowest BCUT2D eigenvalue weighted by molar-refractivity contribution is -0.140. The van der Waals surface area contributed by atoms with Gasteiger partial charge in [-0.25, -0.2) is 8.42 Å². The number of unbranched alkanes of at least 4 members (excludes halogenated alkanes) is 1. The Bertz CT molecular complexity index is 1650. The number of ether oxygens (including phenoxy) is 1. The predicted molar refractivity (Wildman–Crippen MR) is 182 cm³/mol. The summed E-state index contributed by atoms with van der Waals surface area (Å²) in [6.07, 6.45) is 1.95. The minimum atomic E-state index is -4.23. The molecule has 4 aromatic rings. The second-order valence-electron chi connectivity index (χ2n) is 10.7. The molecule has 0 aliphatic heterocycles. The van der Waals surface area contributed by atoms with Crippen LogP contribution in [-0.2, 0) is 32.6 Å². The van der Waals surface area contributed by atoms with Crippen LogP contribution in [0.25, 0.3) is 0 Å². The lowest BCUT2D eigenvalue weighted by Gasteiger charge is -2.34. The molecular formula is C36H40ClN3O5S. The van der Waals surface area contributed by atoms with Gasteiger partial charge in [-0.2, -0.15) is 0 Å². The van der Waals surface area contributed by atoms with Crippen LogP contribution in [0.3, 0.4) is 0 Å². The summed E-state index contributed by atoms with van der Waals surface area (Å²) in [5, 5.41) is 3.38. The van der Waals surface area contributed by atoms with Gasteiger partial charge in [0.2, 0.25) is 11.8 Å². The number of rotatable bonds is 16. The fourth-order valence-corrected chi connectivity index (χ4v) is 6.52. The van der Waals surface area contributed by atoms with Crippen molar-refractivity contribution in [3.05, 3.63) is 125 Å². The average molecular weight is 662 g/mol. The van der Waals surface area contributed by atoms with E-state index >= 15 is 0 Å². The first-order chi connectivity index (χ1) is 22.2. The van der Waals surface area contributed by atoms with Gasteiger partial charge in [0, 0.05) is 24.5 Å². The van der Waals surface area contributed by atoms with Gasteiger partial charge in [-0.15, -0.1) is 0 Å². The van der Waals surface area contributed by atoms with E-state index in [9.17, 15) is 18.0 Å². The maximum absolute atomic E-state index is 14.5. The molecule has 0 unspecified atom stereocenters. The van der Waals surface area contributed by atoms with E-state index in [1.165, 1.54) is 29.2 Å². The van der Waals surface area contributed by atoms with Crippen LogP contribution >= 0.6 is 11.6 Å². The van der Waals surface area contributed by atoms with Crippen molar-refractivity contribution < 1.29 is 22.7 Å². The number of carbonyl (C=O) groups is 2. The number of anilines is 1. The number of halogens is 1. The Morgan fingerprint density at radius 1 is 0.826 bits per heavy atom. The molecule has 0 saturated carbocycles. The number of carbonyl (C=O) groups excluding carboxylic acids is 2. The zero-order chi connectivity index (χ0) is 32.9. The van der Waals surface area contributed by atoms with E-state index in [4.69, 9.17) is 16.3 Å². The van der Waals surface area contributed by atoms with Crippen LogP contribution in [0.15, 0.2) is 114 Å². The van der Waals surface area contributed by atoms with Gasteiger partial charge in [0.15, 0.2) is 0 Å². The minimum Gasteiger partial charge on any atom is -0.494 e. The maximum Gasteiger partial charge on any atom is 0.264 e. The molecule has 46 heavy (non-hydrogen) atoms. The third-order valence-electron chi connectivity index (χ3n) is 7.41. The van der Waals surface area contributed by atoms with Gasteiger partial charge in [0.1, 0.15) is 18.3 Å². The van der Waals surface area contributed by atoms with E-state index in [0.29, 0.717) is 23.9 Å². The highest BCUT2D eigenvalue weighted by Gasteiger charge is 2.34. The van der Waals surface area contributed by atoms with E-state index in [2.05, 4.69) is 5.32 Å². The summed E-state index contributed by atoms with van der Waals surface area (Å²) in [4.78, 5) is 29.8. The molecule has 0 fully saturated rings. The Hall–Kier alpha value is -4.34. The van der Waals surface area contributed by atoms with E-state index in [0.717, 1.165) is 28.3 Å². The Morgan fingerprint density at radius 2 is 1.43 bits per heavy atom. The van der Waals surface area contributed by atoms with Crippen LogP contribution in [0.4, 0.5) is 5.69 Å². The molecule has 1 atom stereocenters. The summed E-state index contributed by atoms with van der Waals surface area (Å²) >= 11 is 6.06. The number of nitrogens with zero attached hydrogens (tertiary/aromatic N) is 2. The number of amides is 2. The van der Waals surface area contributed by atoms with Crippen LogP contribution in [0.1, 0.15) is 37.8 Å². The van der Waals surface area contributed by atoms with Gasteiger partial charge in [0.25, 0.3) is 10.0 Å². The van der Waals surface area contributed by atoms with Gasteiger partial charge in [-0.1, -0.05) is 85.6 Å². The van der Waals surface area contributed by atoms with Crippen LogP contribution < -0.4 is 14.4 Å². The summed E-state index contributed by atoms with van der Waals surface area (Å²) in [6.45, 7) is 4.38. The molecule has 0 saturated heterocycles. The second-order valence-corrected chi connectivity index (χ2v) is 13.0. The van der Waals surface area contributed by atoms with Crippen molar-refractivity contribution >= 4 is 39.1 Å². The molecule has 242 valence electrons. The largest absolute Gasteiger partial charge is 0.494 e. The SMILES string of the molecule is CCCCNC(=O)[C@@H](Cc1ccccc1)N(Cc1ccccc1)C(=O)CN(c1ccc(OCC)cc1)S(=O)(=O)c1ccc(Cl)cc1. The Morgan fingerprint density at radius 3 is 2.02 bits per heavy atom. The molecule has 10 heteroatoms. The molecule has 0 spiro atoms. The first kappa shape index (κ1) is 34.5. The van der Waals surface area contributed by atoms with E-state index < -0.39 is 28.5 Å². The third kappa shape index (κ3) is 9.34. The van der Waals surface area contributed by atoms with Crippen molar-refractivity contribution in [1.82, 2.24) is 10.2 Å². The molecule has 0 heterocycles. The molecule has 2 amide bonds. The Kier molecular flexibility index (Phi) is 12.6. The van der Waals surface area contributed by atoms with E-state index in [-0.39, 0.29) is 29.5 Å². The van der Waals surface area contributed by atoms with Crippen molar-refractivity contribution in [3.8, 4) is 5.75 Å². The minimum absolute atomic E-state index is 0.0219. The highest BCUT2D eigenvalue weighted by Crippen LogP contribution is 2.28. The van der Waals surface area contributed by atoms with Crippen molar-refractivity contribution in [3.63, 3.8) is 0 Å². The molecule has 4 aromatic carbocycles. The summed E-state index contributed by atoms with van der Waals surface area (Å²) in [6, 6.07) is 30.3. The molecule has 0 bridgehead atoms. The maximum atomic E-state index is 14.5. The third-order valence-corrected chi connectivity index (χ3v) is 9.45. The zero-order valence-corrected chi connectivity index (χ0v) is 27.7. The standard InChI is InChI=1S/C36H40ClN3O5S/c1-3-5-24-38-36(42)34(25-28-12-8-6-9-13-28)39(26-29-14-10-7-11-15-29)35(41)27-40(31-18-20-32(21-19-31)45-4-2)46(43,44)33-22-16-30(37)17-23-33/h6-23,34H,3-5,24-27H2,1-2H3,(H,38,42)/t34-/m1/s1. The fraction of sp³-hybridized carbons (Fsp3) is 0.278. The molecule has 0 aliphatic carbocycles. The van der Waals surface area contributed by atoms with Crippen molar-refractivity contribution in [2.45, 2.75) is 50.6 Å². The summed E-state index contributed by atoms with van der Waals surface area (Å²) < 4.78 is 34.9. The average Bonchev–Trinajstić information content (AvgIpc) is 3.07.